The lowest BCUT2D eigenvalue weighted by Crippen LogP contribution is -2.37. The van der Waals surface area contributed by atoms with Crippen molar-refractivity contribution >= 4 is 44.3 Å². The lowest BCUT2D eigenvalue weighted by atomic mass is 10.00. The summed E-state index contributed by atoms with van der Waals surface area (Å²) in [5.41, 5.74) is 4.66. The summed E-state index contributed by atoms with van der Waals surface area (Å²) in [5, 5.41) is 6.12. The van der Waals surface area contributed by atoms with Crippen LogP contribution >= 0.6 is 0 Å². The highest BCUT2D eigenvalue weighted by atomic mass is 32.2. The summed E-state index contributed by atoms with van der Waals surface area (Å²) in [6, 6.07) is 29.8. The minimum Gasteiger partial charge on any atom is -0.354 e. The maximum Gasteiger partial charge on any atom is 0.258 e. The number of amides is 1. The van der Waals surface area contributed by atoms with E-state index in [4.69, 9.17) is 0 Å². The summed E-state index contributed by atoms with van der Waals surface area (Å²) in [7, 11) is 0.137. The van der Waals surface area contributed by atoms with E-state index >= 15 is 0 Å². The minimum absolute atomic E-state index is 0.110. The SMILES string of the molecule is CN(C)CCN(c1ccc(NC(=C2C(=O)Nc3cc(F)ccc32)c2ccccc2)cc1)S(=O)(=O)Cc1ccccc1. The van der Waals surface area contributed by atoms with Gasteiger partial charge in [0.25, 0.3) is 5.91 Å². The number of halogens is 1. The van der Waals surface area contributed by atoms with Crippen LogP contribution in [0.4, 0.5) is 21.5 Å². The van der Waals surface area contributed by atoms with Crippen LogP contribution in [0.3, 0.4) is 0 Å². The molecule has 2 N–H and O–H groups in total. The number of sulfonamides is 1. The van der Waals surface area contributed by atoms with Gasteiger partial charge in [-0.25, -0.2) is 12.8 Å². The largest absolute Gasteiger partial charge is 0.354 e. The van der Waals surface area contributed by atoms with Gasteiger partial charge in [0.05, 0.1) is 28.4 Å². The molecule has 0 fully saturated rings. The Hall–Kier alpha value is -4.47. The smallest absolute Gasteiger partial charge is 0.258 e. The van der Waals surface area contributed by atoms with Gasteiger partial charge >= 0.3 is 0 Å². The van der Waals surface area contributed by atoms with E-state index in [-0.39, 0.29) is 11.7 Å². The van der Waals surface area contributed by atoms with Crippen molar-refractivity contribution in [3.63, 3.8) is 0 Å². The topological polar surface area (TPSA) is 81.8 Å². The number of carbonyl (C=O) groups excluding carboxylic acids is 1. The summed E-state index contributed by atoms with van der Waals surface area (Å²) in [6.45, 7) is 0.842. The molecule has 0 atom stereocenters. The maximum atomic E-state index is 13.9. The van der Waals surface area contributed by atoms with Crippen LogP contribution in [0.2, 0.25) is 0 Å². The molecule has 0 radical (unpaired) electrons. The van der Waals surface area contributed by atoms with Crippen molar-refractivity contribution in [1.29, 1.82) is 0 Å². The average molecular weight is 571 g/mol. The Morgan fingerprint density at radius 2 is 1.51 bits per heavy atom. The molecule has 4 aromatic rings. The van der Waals surface area contributed by atoms with Gasteiger partial charge in [-0.15, -0.1) is 0 Å². The van der Waals surface area contributed by atoms with Crippen LogP contribution in [0.5, 0.6) is 0 Å². The van der Waals surface area contributed by atoms with E-state index < -0.39 is 15.8 Å². The van der Waals surface area contributed by atoms with Crippen LogP contribution in [0.1, 0.15) is 16.7 Å². The molecule has 9 heteroatoms. The van der Waals surface area contributed by atoms with Crippen LogP contribution in [0, 0.1) is 5.82 Å². The number of nitrogens with zero attached hydrogens (tertiary/aromatic N) is 2. The number of rotatable bonds is 10. The third kappa shape index (κ3) is 6.48. The zero-order valence-corrected chi connectivity index (χ0v) is 23.7. The quantitative estimate of drug-likeness (QED) is 0.241. The van der Waals surface area contributed by atoms with Gasteiger partial charge in [0.15, 0.2) is 0 Å². The molecule has 1 amide bonds. The first-order valence-electron chi connectivity index (χ1n) is 13.2. The summed E-state index contributed by atoms with van der Waals surface area (Å²) < 4.78 is 42.4. The van der Waals surface area contributed by atoms with Crippen molar-refractivity contribution in [3.05, 3.63) is 126 Å². The second kappa shape index (κ2) is 12.0. The molecule has 0 bridgehead atoms. The van der Waals surface area contributed by atoms with E-state index in [0.29, 0.717) is 47.0 Å². The summed E-state index contributed by atoms with van der Waals surface area (Å²) in [6.07, 6.45) is 0. The van der Waals surface area contributed by atoms with E-state index in [1.807, 2.05) is 67.5 Å². The highest BCUT2D eigenvalue weighted by Gasteiger charge is 2.29. The molecule has 5 rings (SSSR count). The third-order valence-corrected chi connectivity index (χ3v) is 8.50. The molecule has 0 aliphatic carbocycles. The average Bonchev–Trinajstić information content (AvgIpc) is 3.27. The number of fused-ring (bicyclic) bond motifs is 1. The van der Waals surface area contributed by atoms with Gasteiger partial charge in [-0.05, 0) is 67.7 Å². The predicted octanol–water partition coefficient (Wildman–Crippen LogP) is 5.66. The zero-order valence-electron chi connectivity index (χ0n) is 22.8. The van der Waals surface area contributed by atoms with Crippen LogP contribution in [0.15, 0.2) is 103 Å². The van der Waals surface area contributed by atoms with Crippen molar-refractivity contribution in [2.75, 3.05) is 42.1 Å². The van der Waals surface area contributed by atoms with Crippen molar-refractivity contribution in [1.82, 2.24) is 4.90 Å². The molecule has 0 saturated carbocycles. The minimum atomic E-state index is -3.67. The maximum absolute atomic E-state index is 13.9. The molecule has 0 spiro atoms. The molecule has 4 aromatic carbocycles. The monoisotopic (exact) mass is 570 g/mol. The fraction of sp³-hybridized carbons (Fsp3) is 0.156. The molecule has 1 aliphatic rings. The van der Waals surface area contributed by atoms with Gasteiger partial charge in [0.2, 0.25) is 10.0 Å². The predicted molar refractivity (Wildman–Crippen MR) is 163 cm³/mol. The van der Waals surface area contributed by atoms with Gasteiger partial charge in [0.1, 0.15) is 5.82 Å². The van der Waals surface area contributed by atoms with Crippen LogP contribution in [-0.2, 0) is 20.6 Å². The van der Waals surface area contributed by atoms with Gasteiger partial charge < -0.3 is 15.5 Å². The molecular weight excluding hydrogens is 539 g/mol. The Labute approximate surface area is 240 Å². The molecule has 0 unspecified atom stereocenters. The Morgan fingerprint density at radius 1 is 0.854 bits per heavy atom. The summed E-state index contributed by atoms with van der Waals surface area (Å²) >= 11 is 0. The van der Waals surface area contributed by atoms with Crippen LogP contribution in [-0.4, -0.2) is 46.4 Å². The number of anilines is 3. The standard InChI is InChI=1S/C32H31FN4O3S/c1-36(2)19-20-37(41(39,40)22-23-9-5-3-6-10-23)27-16-14-26(15-17-27)34-31(24-11-7-4-8-12-24)30-28-18-13-25(33)21-29(28)35-32(30)38/h3-18,21,34H,19-20,22H2,1-2H3,(H,35,38). The second-order valence-corrected chi connectivity index (χ2v) is 11.9. The number of likely N-dealkylation sites (N-methyl/N-ethyl adjacent to an activating group) is 1. The fourth-order valence-electron chi connectivity index (χ4n) is 4.71. The molecule has 210 valence electrons. The highest BCUT2D eigenvalue weighted by Crippen LogP contribution is 2.38. The molecule has 1 aliphatic heterocycles. The van der Waals surface area contributed by atoms with E-state index in [1.165, 1.54) is 16.4 Å². The molecule has 41 heavy (non-hydrogen) atoms. The zero-order chi connectivity index (χ0) is 29.0. The summed E-state index contributed by atoms with van der Waals surface area (Å²) in [4.78, 5) is 15.0. The molecule has 7 nitrogen and oxygen atoms in total. The van der Waals surface area contributed by atoms with Crippen LogP contribution in [0.25, 0.3) is 11.3 Å². The molecule has 0 aromatic heterocycles. The number of nitrogens with one attached hydrogen (secondary N) is 2. The Bertz CT molecular complexity index is 1670. The second-order valence-electron chi connectivity index (χ2n) is 10.0. The fourth-order valence-corrected chi connectivity index (χ4v) is 6.29. The van der Waals surface area contributed by atoms with Crippen molar-refractivity contribution in [3.8, 4) is 0 Å². The molecule has 0 saturated heterocycles. The first-order valence-corrected chi connectivity index (χ1v) is 14.8. The first-order chi connectivity index (χ1) is 19.7. The Morgan fingerprint density at radius 3 is 2.17 bits per heavy atom. The number of hydrogen-bond acceptors (Lipinski definition) is 5. The van der Waals surface area contributed by atoms with E-state index in [2.05, 4.69) is 10.6 Å². The summed E-state index contributed by atoms with van der Waals surface area (Å²) in [5.74, 6) is -0.882. The number of benzene rings is 4. The van der Waals surface area contributed by atoms with Gasteiger partial charge in [-0.1, -0.05) is 60.7 Å². The molecular formula is C32H31FN4O3S. The lowest BCUT2D eigenvalue weighted by Gasteiger charge is -2.26. The van der Waals surface area contributed by atoms with E-state index in [1.54, 1.807) is 42.5 Å². The van der Waals surface area contributed by atoms with Gasteiger partial charge in [-0.3, -0.25) is 9.10 Å². The highest BCUT2D eigenvalue weighted by molar-refractivity contribution is 7.92. The first kappa shape index (κ1) is 28.1. The van der Waals surface area contributed by atoms with Crippen LogP contribution < -0.4 is 14.9 Å². The normalized spacial score (nSPS) is 14.0. The van der Waals surface area contributed by atoms with Gasteiger partial charge in [-0.2, -0.15) is 0 Å². The Balaban J connectivity index is 1.49. The lowest BCUT2D eigenvalue weighted by molar-refractivity contribution is -0.110. The molecule has 1 heterocycles. The van der Waals surface area contributed by atoms with E-state index in [9.17, 15) is 17.6 Å². The third-order valence-electron chi connectivity index (χ3n) is 6.74. The van der Waals surface area contributed by atoms with Crippen molar-refractivity contribution in [2.24, 2.45) is 0 Å². The van der Waals surface area contributed by atoms with Gasteiger partial charge in [0, 0.05) is 24.3 Å². The van der Waals surface area contributed by atoms with Crippen molar-refractivity contribution in [2.45, 2.75) is 5.75 Å². The number of hydrogen-bond donors (Lipinski definition) is 2. The van der Waals surface area contributed by atoms with E-state index in [0.717, 1.165) is 11.1 Å². The Kier molecular flexibility index (Phi) is 8.19. The van der Waals surface area contributed by atoms with Crippen molar-refractivity contribution < 1.29 is 17.6 Å². The number of carbonyl (C=O) groups is 1.